The molecule has 0 saturated heterocycles. The molecule has 5 nitrogen and oxygen atoms in total. The smallest absolute Gasteiger partial charge is 0.231 e. The lowest BCUT2D eigenvalue weighted by Gasteiger charge is -2.41. The molecule has 0 aliphatic carbocycles. The maximum Gasteiger partial charge on any atom is 0.231 e. The largest absolute Gasteiger partial charge is 0.506 e. The van der Waals surface area contributed by atoms with Crippen LogP contribution in [-0.2, 0) is 6.42 Å². The van der Waals surface area contributed by atoms with Gasteiger partial charge in [0.2, 0.25) is 5.13 Å². The second kappa shape index (κ2) is 6.97. The number of phenolic OH excluding ortho intramolecular Hbond substituents is 1. The van der Waals surface area contributed by atoms with E-state index in [2.05, 4.69) is 40.9 Å². The molecule has 1 aromatic heterocycles. The molecule has 0 unspecified atom stereocenters. The van der Waals surface area contributed by atoms with E-state index < -0.39 is 5.82 Å². The number of azo groups is 1. The Morgan fingerprint density at radius 2 is 2.00 bits per heavy atom. The SMILES string of the molecule is CC(C)(C)N1CCCc2cc(N=Nc3nc4cc(Cl)c(F)cc4s3)c(O)cc21. The minimum absolute atomic E-state index is 0.0250. The zero-order chi connectivity index (χ0) is 20.1. The van der Waals surface area contributed by atoms with Gasteiger partial charge >= 0.3 is 0 Å². The van der Waals surface area contributed by atoms with Gasteiger partial charge in [-0.15, -0.1) is 10.2 Å². The molecule has 8 heteroatoms. The van der Waals surface area contributed by atoms with E-state index in [0.717, 1.165) is 30.6 Å². The Kier molecular flexibility index (Phi) is 4.75. The number of hydrogen-bond donors (Lipinski definition) is 1. The molecule has 3 aromatic rings. The molecule has 146 valence electrons. The summed E-state index contributed by atoms with van der Waals surface area (Å²) in [5, 5.41) is 19.2. The third kappa shape index (κ3) is 3.56. The summed E-state index contributed by atoms with van der Waals surface area (Å²) in [5.41, 5.74) is 3.13. The Labute approximate surface area is 171 Å². The summed E-state index contributed by atoms with van der Waals surface area (Å²) in [5.74, 6) is -0.411. The number of benzene rings is 2. The van der Waals surface area contributed by atoms with Gasteiger partial charge < -0.3 is 10.0 Å². The number of aryl methyl sites for hydroxylation is 1. The number of rotatable bonds is 2. The second-order valence-corrected chi connectivity index (χ2v) is 9.24. The Bertz CT molecular complexity index is 1050. The summed E-state index contributed by atoms with van der Waals surface area (Å²) in [6.07, 6.45) is 1.99. The highest BCUT2D eigenvalue weighted by molar-refractivity contribution is 7.21. The minimum atomic E-state index is -0.489. The predicted octanol–water partition coefficient (Wildman–Crippen LogP) is 6.76. The zero-order valence-corrected chi connectivity index (χ0v) is 17.4. The fraction of sp³-hybridized carbons (Fsp3) is 0.350. The van der Waals surface area contributed by atoms with Gasteiger partial charge in [0, 0.05) is 23.8 Å². The molecule has 1 N–H and O–H groups in total. The van der Waals surface area contributed by atoms with Gasteiger partial charge in [-0.2, -0.15) is 0 Å². The van der Waals surface area contributed by atoms with Crippen LogP contribution in [0.4, 0.5) is 20.9 Å². The highest BCUT2D eigenvalue weighted by atomic mass is 35.5. The van der Waals surface area contributed by atoms with Gasteiger partial charge in [-0.1, -0.05) is 22.9 Å². The van der Waals surface area contributed by atoms with Crippen molar-refractivity contribution >= 4 is 49.7 Å². The van der Waals surface area contributed by atoms with E-state index >= 15 is 0 Å². The van der Waals surface area contributed by atoms with Gasteiger partial charge in [0.15, 0.2) is 0 Å². The number of halogens is 2. The number of nitrogens with zero attached hydrogens (tertiary/aromatic N) is 4. The molecule has 0 radical (unpaired) electrons. The molecule has 28 heavy (non-hydrogen) atoms. The lowest BCUT2D eigenvalue weighted by atomic mass is 9.95. The Morgan fingerprint density at radius 1 is 1.21 bits per heavy atom. The van der Waals surface area contributed by atoms with Crippen LogP contribution in [0.2, 0.25) is 5.02 Å². The van der Waals surface area contributed by atoms with Gasteiger partial charge in [0.05, 0.1) is 15.2 Å². The molecule has 0 spiro atoms. The van der Waals surface area contributed by atoms with Crippen molar-refractivity contribution in [2.45, 2.75) is 39.2 Å². The molecule has 1 aliphatic heterocycles. The van der Waals surface area contributed by atoms with E-state index in [-0.39, 0.29) is 16.3 Å². The van der Waals surface area contributed by atoms with Crippen LogP contribution < -0.4 is 4.90 Å². The van der Waals surface area contributed by atoms with Crippen molar-refractivity contribution in [3.05, 3.63) is 40.7 Å². The second-order valence-electron chi connectivity index (χ2n) is 7.83. The lowest BCUT2D eigenvalue weighted by molar-refractivity contribution is 0.466. The molecule has 0 bridgehead atoms. The van der Waals surface area contributed by atoms with E-state index in [9.17, 15) is 9.50 Å². The maximum absolute atomic E-state index is 13.6. The van der Waals surface area contributed by atoms with Gasteiger partial charge in [0.25, 0.3) is 0 Å². The van der Waals surface area contributed by atoms with Crippen molar-refractivity contribution < 1.29 is 9.50 Å². The molecule has 2 aromatic carbocycles. The van der Waals surface area contributed by atoms with Crippen molar-refractivity contribution in [2.24, 2.45) is 10.2 Å². The van der Waals surface area contributed by atoms with Crippen LogP contribution in [0.15, 0.2) is 34.5 Å². The highest BCUT2D eigenvalue weighted by Crippen LogP contribution is 2.41. The average Bonchev–Trinajstić information content (AvgIpc) is 3.00. The number of phenols is 1. The van der Waals surface area contributed by atoms with Crippen LogP contribution in [0.3, 0.4) is 0 Å². The first kappa shape index (κ1) is 19.1. The zero-order valence-electron chi connectivity index (χ0n) is 15.8. The Hall–Kier alpha value is -2.25. The van der Waals surface area contributed by atoms with Crippen molar-refractivity contribution in [2.75, 3.05) is 11.4 Å². The molecular formula is C20H20ClFN4OS. The van der Waals surface area contributed by atoms with Crippen LogP contribution in [-0.4, -0.2) is 22.2 Å². The first-order valence-corrected chi connectivity index (χ1v) is 10.2. The van der Waals surface area contributed by atoms with Crippen LogP contribution in [0, 0.1) is 5.82 Å². The molecule has 0 atom stereocenters. The third-order valence-corrected chi connectivity index (χ3v) is 5.96. The average molecular weight is 419 g/mol. The lowest BCUT2D eigenvalue weighted by Crippen LogP contribution is -2.44. The molecule has 0 amide bonds. The summed E-state index contributed by atoms with van der Waals surface area (Å²) < 4.78 is 14.2. The quantitative estimate of drug-likeness (QED) is 0.467. The summed E-state index contributed by atoms with van der Waals surface area (Å²) in [4.78, 5) is 6.61. The van der Waals surface area contributed by atoms with Crippen LogP contribution in [0.25, 0.3) is 10.2 Å². The molecule has 4 rings (SSSR count). The number of anilines is 1. The number of thiazole rings is 1. The van der Waals surface area contributed by atoms with Crippen molar-refractivity contribution in [1.82, 2.24) is 4.98 Å². The fourth-order valence-corrected chi connectivity index (χ4v) is 4.39. The number of fused-ring (bicyclic) bond motifs is 2. The van der Waals surface area contributed by atoms with Gasteiger partial charge in [-0.25, -0.2) is 9.37 Å². The van der Waals surface area contributed by atoms with E-state index in [1.54, 1.807) is 6.07 Å². The van der Waals surface area contributed by atoms with Gasteiger partial charge in [-0.3, -0.25) is 0 Å². The standard InChI is InChI=1S/C20H20ClFN4OS/c1-20(2,3)26-6-4-5-11-7-14(17(27)10-16(11)26)24-25-19-23-15-8-12(21)13(22)9-18(15)28-19/h7-10,27H,4-6H2,1-3H3. The molecular weight excluding hydrogens is 399 g/mol. The fourth-order valence-electron chi connectivity index (χ4n) is 3.44. The summed E-state index contributed by atoms with van der Waals surface area (Å²) >= 11 is 7.02. The molecule has 2 heterocycles. The molecule has 0 fully saturated rings. The van der Waals surface area contributed by atoms with Crippen LogP contribution in [0.1, 0.15) is 32.8 Å². The van der Waals surface area contributed by atoms with Gasteiger partial charge in [0.1, 0.15) is 17.3 Å². The topological polar surface area (TPSA) is 61.1 Å². The van der Waals surface area contributed by atoms with Gasteiger partial charge in [-0.05, 0) is 57.4 Å². The molecule has 1 aliphatic rings. The minimum Gasteiger partial charge on any atom is -0.506 e. The van der Waals surface area contributed by atoms with Crippen molar-refractivity contribution in [3.63, 3.8) is 0 Å². The molecule has 0 saturated carbocycles. The summed E-state index contributed by atoms with van der Waals surface area (Å²) in [7, 11) is 0. The number of hydrogen-bond acceptors (Lipinski definition) is 6. The monoisotopic (exact) mass is 418 g/mol. The van der Waals surface area contributed by atoms with Crippen molar-refractivity contribution in [1.29, 1.82) is 0 Å². The van der Waals surface area contributed by atoms with Crippen LogP contribution in [0.5, 0.6) is 5.75 Å². The number of aromatic hydroxyl groups is 1. The highest BCUT2D eigenvalue weighted by Gasteiger charge is 2.27. The predicted molar refractivity (Wildman–Crippen MR) is 112 cm³/mol. The number of aromatic nitrogens is 1. The van der Waals surface area contributed by atoms with E-state index in [0.29, 0.717) is 21.0 Å². The normalized spacial score (nSPS) is 14.8. The third-order valence-electron chi connectivity index (χ3n) is 4.77. The Morgan fingerprint density at radius 3 is 2.75 bits per heavy atom. The van der Waals surface area contributed by atoms with E-state index in [1.807, 2.05) is 6.07 Å². The Balaban J connectivity index is 1.67. The summed E-state index contributed by atoms with van der Waals surface area (Å²) in [6.45, 7) is 7.45. The maximum atomic E-state index is 13.6. The van der Waals surface area contributed by atoms with E-state index in [1.165, 1.54) is 23.5 Å². The van der Waals surface area contributed by atoms with Crippen LogP contribution >= 0.6 is 22.9 Å². The van der Waals surface area contributed by atoms with Crippen molar-refractivity contribution in [3.8, 4) is 5.75 Å². The summed E-state index contributed by atoms with van der Waals surface area (Å²) in [6, 6.07) is 6.46. The first-order valence-electron chi connectivity index (χ1n) is 9.03. The first-order chi connectivity index (χ1) is 13.2. The van der Waals surface area contributed by atoms with E-state index in [4.69, 9.17) is 11.6 Å².